The molecule has 1 aliphatic rings. The molecule has 0 bridgehead atoms. The van der Waals surface area contributed by atoms with E-state index >= 15 is 0 Å². The van der Waals surface area contributed by atoms with Crippen molar-refractivity contribution in [2.45, 2.75) is 10.4 Å². The van der Waals surface area contributed by atoms with Gasteiger partial charge in [-0.2, -0.15) is 20.5 Å². The SMILES string of the molecule is CN(C)c1ccc(N=Nc2ccc(N=NC3Nc4sc(N)cc4S3)cc2)cc1. The minimum absolute atomic E-state index is 0.119. The monoisotopic (exact) mass is 409 g/mol. The Morgan fingerprint density at radius 3 is 2.04 bits per heavy atom. The van der Waals surface area contributed by atoms with Crippen molar-refractivity contribution in [1.29, 1.82) is 0 Å². The number of nitrogens with zero attached hydrogens (tertiary/aromatic N) is 5. The molecule has 0 fully saturated rings. The molecule has 1 unspecified atom stereocenters. The highest BCUT2D eigenvalue weighted by molar-refractivity contribution is 8.00. The standard InChI is InChI=1S/C19H19N7S2/c1-26(2)15-9-7-14(8-10-15)23-22-12-3-5-13(6-4-12)24-25-19-21-18-16(27-19)11-17(20)28-18/h3-11,19,21H,20H2,1-2H3. The van der Waals surface area contributed by atoms with Gasteiger partial charge in [0.1, 0.15) is 5.00 Å². The minimum Gasteiger partial charge on any atom is -0.390 e. The van der Waals surface area contributed by atoms with Gasteiger partial charge in [-0.3, -0.25) is 0 Å². The normalized spacial score (nSPS) is 15.9. The van der Waals surface area contributed by atoms with Crippen LogP contribution < -0.4 is 16.0 Å². The van der Waals surface area contributed by atoms with E-state index in [4.69, 9.17) is 5.73 Å². The van der Waals surface area contributed by atoms with Crippen molar-refractivity contribution in [3.63, 3.8) is 0 Å². The van der Waals surface area contributed by atoms with Crippen LogP contribution in [0.3, 0.4) is 0 Å². The van der Waals surface area contributed by atoms with Gasteiger partial charge in [-0.15, -0.1) is 11.3 Å². The molecule has 0 saturated carbocycles. The topological polar surface area (TPSA) is 90.7 Å². The molecule has 0 amide bonds. The molecular formula is C19H19N7S2. The molecule has 2 aromatic carbocycles. The Kier molecular flexibility index (Phi) is 5.27. The summed E-state index contributed by atoms with van der Waals surface area (Å²) in [5.74, 6) is 0. The summed E-state index contributed by atoms with van der Waals surface area (Å²) in [6.45, 7) is 0. The lowest BCUT2D eigenvalue weighted by molar-refractivity contribution is 0.971. The first-order valence-electron chi connectivity index (χ1n) is 8.59. The Bertz CT molecular complexity index is 984. The average Bonchev–Trinajstić information content (AvgIpc) is 3.22. The molecule has 4 rings (SSSR count). The predicted octanol–water partition coefficient (Wildman–Crippen LogP) is 6.40. The fraction of sp³-hybridized carbons (Fsp3) is 0.158. The largest absolute Gasteiger partial charge is 0.390 e. The van der Waals surface area contributed by atoms with Crippen molar-refractivity contribution in [2.24, 2.45) is 20.5 Å². The number of thioether (sulfide) groups is 1. The van der Waals surface area contributed by atoms with Crippen LogP contribution in [0.15, 0.2) is 79.9 Å². The Labute approximate surface area is 171 Å². The van der Waals surface area contributed by atoms with Gasteiger partial charge < -0.3 is 16.0 Å². The summed E-state index contributed by atoms with van der Waals surface area (Å²) in [4.78, 5) is 3.17. The van der Waals surface area contributed by atoms with Crippen LogP contribution in [0.25, 0.3) is 0 Å². The lowest BCUT2D eigenvalue weighted by Gasteiger charge is -2.11. The second-order valence-electron chi connectivity index (χ2n) is 6.30. The molecule has 3 N–H and O–H groups in total. The van der Waals surface area contributed by atoms with Crippen molar-refractivity contribution in [1.82, 2.24) is 0 Å². The van der Waals surface area contributed by atoms with Crippen molar-refractivity contribution in [3.8, 4) is 0 Å². The van der Waals surface area contributed by atoms with E-state index in [2.05, 4.69) is 25.8 Å². The molecule has 28 heavy (non-hydrogen) atoms. The molecule has 142 valence electrons. The quantitative estimate of drug-likeness (QED) is 0.477. The average molecular weight is 410 g/mol. The molecule has 0 saturated heterocycles. The first kappa shape index (κ1) is 18.5. The number of nitrogens with one attached hydrogen (secondary N) is 1. The van der Waals surface area contributed by atoms with Gasteiger partial charge in [0.15, 0.2) is 5.50 Å². The van der Waals surface area contributed by atoms with E-state index < -0.39 is 0 Å². The summed E-state index contributed by atoms with van der Waals surface area (Å²) in [5, 5.41) is 22.3. The van der Waals surface area contributed by atoms with E-state index in [0.717, 1.165) is 37.6 Å². The van der Waals surface area contributed by atoms with Crippen molar-refractivity contribution < 1.29 is 0 Å². The zero-order chi connectivity index (χ0) is 19.5. The van der Waals surface area contributed by atoms with Crippen LogP contribution in [0, 0.1) is 0 Å². The van der Waals surface area contributed by atoms with E-state index in [1.807, 2.05) is 73.6 Å². The minimum atomic E-state index is -0.119. The molecule has 1 atom stereocenters. The molecule has 9 heteroatoms. The Balaban J connectivity index is 1.35. The fourth-order valence-corrected chi connectivity index (χ4v) is 4.57. The number of benzene rings is 2. The summed E-state index contributed by atoms with van der Waals surface area (Å²) in [7, 11) is 4.01. The zero-order valence-electron chi connectivity index (χ0n) is 15.4. The number of rotatable bonds is 5. The lowest BCUT2D eigenvalue weighted by Crippen LogP contribution is -2.07. The number of nitrogen functional groups attached to an aromatic ring is 1. The van der Waals surface area contributed by atoms with E-state index in [-0.39, 0.29) is 5.50 Å². The first-order valence-corrected chi connectivity index (χ1v) is 10.3. The molecule has 0 radical (unpaired) electrons. The number of fused-ring (bicyclic) bond motifs is 1. The lowest BCUT2D eigenvalue weighted by atomic mass is 10.3. The summed E-state index contributed by atoms with van der Waals surface area (Å²) >= 11 is 3.14. The number of nitrogens with two attached hydrogens (primary N) is 1. The van der Waals surface area contributed by atoms with Gasteiger partial charge in [0.05, 0.1) is 22.1 Å². The third kappa shape index (κ3) is 4.32. The Hall–Kier alpha value is -2.91. The second-order valence-corrected chi connectivity index (χ2v) is 8.51. The summed E-state index contributed by atoms with van der Waals surface area (Å²) in [5.41, 5.74) is 9.14. The maximum Gasteiger partial charge on any atom is 0.192 e. The molecule has 1 aliphatic heterocycles. The van der Waals surface area contributed by atoms with Crippen LogP contribution in [0.1, 0.15) is 0 Å². The van der Waals surface area contributed by atoms with Gasteiger partial charge in [0, 0.05) is 24.7 Å². The second kappa shape index (κ2) is 7.99. The molecule has 1 aromatic heterocycles. The number of hydrogen-bond donors (Lipinski definition) is 2. The Morgan fingerprint density at radius 1 is 0.893 bits per heavy atom. The van der Waals surface area contributed by atoms with Crippen LogP contribution in [0.5, 0.6) is 0 Å². The van der Waals surface area contributed by atoms with Gasteiger partial charge in [0.25, 0.3) is 0 Å². The highest BCUT2D eigenvalue weighted by Gasteiger charge is 2.23. The highest BCUT2D eigenvalue weighted by Crippen LogP contribution is 2.45. The molecule has 2 heterocycles. The zero-order valence-corrected chi connectivity index (χ0v) is 17.0. The molecular weight excluding hydrogens is 390 g/mol. The maximum atomic E-state index is 5.79. The smallest absolute Gasteiger partial charge is 0.192 e. The number of hydrogen-bond acceptors (Lipinski definition) is 9. The fourth-order valence-electron chi connectivity index (χ4n) is 2.53. The molecule has 3 aromatic rings. The highest BCUT2D eigenvalue weighted by atomic mass is 32.2. The van der Waals surface area contributed by atoms with E-state index in [9.17, 15) is 0 Å². The van der Waals surface area contributed by atoms with Crippen LogP contribution in [0.2, 0.25) is 0 Å². The van der Waals surface area contributed by atoms with Crippen molar-refractivity contribution in [2.75, 3.05) is 30.0 Å². The van der Waals surface area contributed by atoms with Gasteiger partial charge in [-0.1, -0.05) is 11.8 Å². The van der Waals surface area contributed by atoms with Gasteiger partial charge in [0.2, 0.25) is 0 Å². The first-order chi connectivity index (χ1) is 13.6. The van der Waals surface area contributed by atoms with Gasteiger partial charge in [-0.25, -0.2) is 0 Å². The van der Waals surface area contributed by atoms with Crippen molar-refractivity contribution in [3.05, 3.63) is 54.6 Å². The van der Waals surface area contributed by atoms with Crippen LogP contribution in [-0.4, -0.2) is 19.6 Å². The summed E-state index contributed by atoms with van der Waals surface area (Å²) < 4.78 is 0. The van der Waals surface area contributed by atoms with E-state index in [1.165, 1.54) is 11.3 Å². The predicted molar refractivity (Wildman–Crippen MR) is 118 cm³/mol. The van der Waals surface area contributed by atoms with Gasteiger partial charge >= 0.3 is 0 Å². The van der Waals surface area contributed by atoms with Gasteiger partial charge in [-0.05, 0) is 54.6 Å². The summed E-state index contributed by atoms with van der Waals surface area (Å²) in [6.07, 6.45) is 0. The Morgan fingerprint density at radius 2 is 1.46 bits per heavy atom. The number of thiophene rings is 1. The van der Waals surface area contributed by atoms with E-state index in [0.29, 0.717) is 0 Å². The molecule has 0 spiro atoms. The maximum absolute atomic E-state index is 5.79. The number of anilines is 3. The summed E-state index contributed by atoms with van der Waals surface area (Å²) in [6, 6.07) is 17.4. The van der Waals surface area contributed by atoms with Crippen LogP contribution in [-0.2, 0) is 0 Å². The van der Waals surface area contributed by atoms with Crippen LogP contribution in [0.4, 0.5) is 32.8 Å². The van der Waals surface area contributed by atoms with Crippen LogP contribution >= 0.6 is 23.1 Å². The number of azo groups is 2. The molecule has 0 aliphatic carbocycles. The van der Waals surface area contributed by atoms with E-state index in [1.54, 1.807) is 11.8 Å². The molecule has 7 nitrogen and oxygen atoms in total. The van der Waals surface area contributed by atoms with Crippen molar-refractivity contribution >= 4 is 55.9 Å². The third-order valence-electron chi connectivity index (χ3n) is 3.99. The third-order valence-corrected chi connectivity index (χ3v) is 6.02.